The van der Waals surface area contributed by atoms with Gasteiger partial charge in [0.25, 0.3) is 0 Å². The summed E-state index contributed by atoms with van der Waals surface area (Å²) < 4.78 is 0. The summed E-state index contributed by atoms with van der Waals surface area (Å²) in [6.45, 7) is 2.00. The fraction of sp³-hybridized carbons (Fsp3) is 0.133. The maximum atomic E-state index is 8.96. The van der Waals surface area contributed by atoms with Crippen LogP contribution < -0.4 is 11.1 Å². The second-order valence-corrected chi connectivity index (χ2v) is 4.67. The Balaban J connectivity index is 2.28. The molecule has 0 spiro atoms. The summed E-state index contributed by atoms with van der Waals surface area (Å²) in [4.78, 5) is 0. The molecule has 1 unspecified atom stereocenters. The summed E-state index contributed by atoms with van der Waals surface area (Å²) in [6.07, 6.45) is 0. The molecule has 2 aromatic rings. The van der Waals surface area contributed by atoms with E-state index >= 15 is 0 Å². The number of anilines is 2. The topological polar surface area (TPSA) is 61.8 Å². The van der Waals surface area contributed by atoms with Gasteiger partial charge >= 0.3 is 0 Å². The van der Waals surface area contributed by atoms with Crippen molar-refractivity contribution in [1.82, 2.24) is 0 Å². The lowest BCUT2D eigenvalue weighted by atomic mass is 10.1. The van der Waals surface area contributed by atoms with E-state index in [0.29, 0.717) is 16.3 Å². The summed E-state index contributed by atoms with van der Waals surface area (Å²) >= 11 is 6.16. The molecule has 2 aromatic carbocycles. The Kier molecular flexibility index (Phi) is 3.94. The molecule has 3 N–H and O–H groups in total. The zero-order valence-electron chi connectivity index (χ0n) is 10.5. The molecule has 0 aliphatic heterocycles. The van der Waals surface area contributed by atoms with Crippen molar-refractivity contribution in [3.63, 3.8) is 0 Å². The molecule has 0 aliphatic carbocycles. The van der Waals surface area contributed by atoms with E-state index in [1.807, 2.05) is 37.3 Å². The smallest absolute Gasteiger partial charge is 0.101 e. The van der Waals surface area contributed by atoms with Crippen molar-refractivity contribution in [2.75, 3.05) is 11.1 Å². The lowest BCUT2D eigenvalue weighted by molar-refractivity contribution is 0.886. The first kappa shape index (κ1) is 13.3. The van der Waals surface area contributed by atoms with E-state index in [1.165, 1.54) is 0 Å². The maximum Gasteiger partial charge on any atom is 0.101 e. The van der Waals surface area contributed by atoms with E-state index in [2.05, 4.69) is 11.4 Å². The number of halogens is 1. The number of hydrogen-bond donors (Lipinski definition) is 2. The number of nitrogens with one attached hydrogen (secondary N) is 1. The van der Waals surface area contributed by atoms with Crippen LogP contribution in [-0.4, -0.2) is 0 Å². The number of benzene rings is 2. The zero-order chi connectivity index (χ0) is 13.8. The summed E-state index contributed by atoms with van der Waals surface area (Å²) in [6, 6.07) is 15.1. The molecule has 19 heavy (non-hydrogen) atoms. The minimum absolute atomic E-state index is 0.00458. The van der Waals surface area contributed by atoms with E-state index in [9.17, 15) is 0 Å². The molecular weight excluding hydrogens is 258 g/mol. The molecule has 0 saturated carbocycles. The van der Waals surface area contributed by atoms with Crippen molar-refractivity contribution < 1.29 is 0 Å². The molecule has 96 valence electrons. The molecule has 0 fully saturated rings. The SMILES string of the molecule is CC(Nc1cccc(C#N)c1N)c1ccccc1Cl. The molecule has 0 bridgehead atoms. The fourth-order valence-corrected chi connectivity index (χ4v) is 2.23. The van der Waals surface area contributed by atoms with Crippen LogP contribution in [0, 0.1) is 11.3 Å². The van der Waals surface area contributed by atoms with Crippen LogP contribution in [0.5, 0.6) is 0 Å². The number of hydrogen-bond acceptors (Lipinski definition) is 3. The lowest BCUT2D eigenvalue weighted by Crippen LogP contribution is -2.09. The van der Waals surface area contributed by atoms with E-state index < -0.39 is 0 Å². The molecule has 0 heterocycles. The van der Waals surface area contributed by atoms with Gasteiger partial charge in [0, 0.05) is 5.02 Å². The van der Waals surface area contributed by atoms with Gasteiger partial charge in [-0.1, -0.05) is 35.9 Å². The third-order valence-corrected chi connectivity index (χ3v) is 3.31. The van der Waals surface area contributed by atoms with E-state index in [-0.39, 0.29) is 6.04 Å². The Morgan fingerprint density at radius 2 is 1.95 bits per heavy atom. The van der Waals surface area contributed by atoms with Crippen LogP contribution in [0.25, 0.3) is 0 Å². The van der Waals surface area contributed by atoms with Gasteiger partial charge in [0.1, 0.15) is 6.07 Å². The highest BCUT2D eigenvalue weighted by Crippen LogP contribution is 2.29. The Labute approximate surface area is 117 Å². The van der Waals surface area contributed by atoms with Gasteiger partial charge in [0.2, 0.25) is 0 Å². The van der Waals surface area contributed by atoms with Gasteiger partial charge < -0.3 is 11.1 Å². The van der Waals surface area contributed by atoms with Crippen molar-refractivity contribution >= 4 is 23.0 Å². The van der Waals surface area contributed by atoms with Crippen LogP contribution in [0.1, 0.15) is 24.1 Å². The van der Waals surface area contributed by atoms with Gasteiger partial charge in [-0.2, -0.15) is 5.26 Å². The molecule has 3 nitrogen and oxygen atoms in total. The largest absolute Gasteiger partial charge is 0.396 e. The summed E-state index contributed by atoms with van der Waals surface area (Å²) in [7, 11) is 0. The number of nitrogens with two attached hydrogens (primary N) is 1. The van der Waals surface area contributed by atoms with Gasteiger partial charge in [0.15, 0.2) is 0 Å². The maximum absolute atomic E-state index is 8.96. The molecule has 0 aliphatic rings. The fourth-order valence-electron chi connectivity index (χ4n) is 1.93. The van der Waals surface area contributed by atoms with Crippen LogP contribution in [0.15, 0.2) is 42.5 Å². The summed E-state index contributed by atoms with van der Waals surface area (Å²) in [5.74, 6) is 0. The molecule has 4 heteroatoms. The Morgan fingerprint density at radius 3 is 2.63 bits per heavy atom. The molecule has 2 rings (SSSR count). The molecule has 0 radical (unpaired) electrons. The predicted molar refractivity (Wildman–Crippen MR) is 79.1 cm³/mol. The Hall–Kier alpha value is -2.18. The highest BCUT2D eigenvalue weighted by molar-refractivity contribution is 6.31. The van der Waals surface area contributed by atoms with Gasteiger partial charge in [-0.15, -0.1) is 0 Å². The first-order valence-corrected chi connectivity index (χ1v) is 6.31. The molecule has 0 aromatic heterocycles. The van der Waals surface area contributed by atoms with Crippen LogP contribution in [0.2, 0.25) is 5.02 Å². The third kappa shape index (κ3) is 2.81. The Bertz CT molecular complexity index is 632. The number of nitrogens with zero attached hydrogens (tertiary/aromatic N) is 1. The van der Waals surface area contributed by atoms with Crippen molar-refractivity contribution in [3.05, 3.63) is 58.6 Å². The minimum Gasteiger partial charge on any atom is -0.396 e. The van der Waals surface area contributed by atoms with Crippen LogP contribution in [0.3, 0.4) is 0 Å². The van der Waals surface area contributed by atoms with Gasteiger partial charge in [-0.05, 0) is 30.7 Å². The van der Waals surface area contributed by atoms with E-state index in [4.69, 9.17) is 22.6 Å². The normalized spacial score (nSPS) is 11.6. The highest BCUT2D eigenvalue weighted by atomic mass is 35.5. The predicted octanol–water partition coefficient (Wildman–Crippen LogP) is 3.97. The summed E-state index contributed by atoms with van der Waals surface area (Å²) in [5.41, 5.74) is 8.60. The van der Waals surface area contributed by atoms with E-state index in [0.717, 1.165) is 11.3 Å². The van der Waals surface area contributed by atoms with Crippen molar-refractivity contribution in [2.24, 2.45) is 0 Å². The second kappa shape index (κ2) is 5.64. The molecule has 1 atom stereocenters. The van der Waals surface area contributed by atoms with Crippen LogP contribution in [0.4, 0.5) is 11.4 Å². The van der Waals surface area contributed by atoms with Crippen molar-refractivity contribution in [3.8, 4) is 6.07 Å². The third-order valence-electron chi connectivity index (χ3n) is 2.97. The van der Waals surface area contributed by atoms with E-state index in [1.54, 1.807) is 12.1 Å². The molecule has 0 amide bonds. The lowest BCUT2D eigenvalue weighted by Gasteiger charge is -2.18. The first-order valence-electron chi connectivity index (χ1n) is 5.93. The van der Waals surface area contributed by atoms with Crippen molar-refractivity contribution in [1.29, 1.82) is 5.26 Å². The number of para-hydroxylation sites is 1. The highest BCUT2D eigenvalue weighted by Gasteiger charge is 2.11. The van der Waals surface area contributed by atoms with Crippen LogP contribution in [-0.2, 0) is 0 Å². The molecular formula is C15H14ClN3. The zero-order valence-corrected chi connectivity index (χ0v) is 11.3. The number of nitrogen functional groups attached to an aromatic ring is 1. The minimum atomic E-state index is 0.00458. The standard InChI is InChI=1S/C15H14ClN3/c1-10(12-6-2-3-7-13(12)16)19-14-8-4-5-11(9-17)15(14)18/h2-8,10,19H,18H2,1H3. The van der Waals surface area contributed by atoms with Crippen LogP contribution >= 0.6 is 11.6 Å². The van der Waals surface area contributed by atoms with Gasteiger partial charge in [0.05, 0.1) is 23.0 Å². The average molecular weight is 272 g/mol. The Morgan fingerprint density at radius 1 is 1.21 bits per heavy atom. The first-order chi connectivity index (χ1) is 9.13. The van der Waals surface area contributed by atoms with Gasteiger partial charge in [-0.3, -0.25) is 0 Å². The number of nitriles is 1. The van der Waals surface area contributed by atoms with Crippen molar-refractivity contribution in [2.45, 2.75) is 13.0 Å². The number of rotatable bonds is 3. The summed E-state index contributed by atoms with van der Waals surface area (Å²) in [5, 5.41) is 12.9. The monoisotopic (exact) mass is 271 g/mol. The molecule has 0 saturated heterocycles. The average Bonchev–Trinajstić information content (AvgIpc) is 2.41. The quantitative estimate of drug-likeness (QED) is 0.831. The second-order valence-electron chi connectivity index (χ2n) is 4.27. The van der Waals surface area contributed by atoms with Gasteiger partial charge in [-0.25, -0.2) is 0 Å².